The molecular formula is C12H20N4. The number of nitrogens with two attached hydrogens (primary N) is 1. The van der Waals surface area contributed by atoms with Gasteiger partial charge in [-0.25, -0.2) is 4.98 Å². The van der Waals surface area contributed by atoms with Gasteiger partial charge in [0.25, 0.3) is 0 Å². The van der Waals surface area contributed by atoms with E-state index >= 15 is 0 Å². The van der Waals surface area contributed by atoms with E-state index in [9.17, 15) is 0 Å². The third-order valence-electron chi connectivity index (χ3n) is 3.04. The van der Waals surface area contributed by atoms with Crippen molar-refractivity contribution in [3.63, 3.8) is 0 Å². The molecule has 88 valence electrons. The Bertz CT molecular complexity index is 340. The predicted molar refractivity (Wildman–Crippen MR) is 66.5 cm³/mol. The van der Waals surface area contributed by atoms with Crippen molar-refractivity contribution in [2.45, 2.75) is 13.0 Å². The number of anilines is 1. The first kappa shape index (κ1) is 11.4. The lowest BCUT2D eigenvalue weighted by Crippen LogP contribution is -2.29. The highest BCUT2D eigenvalue weighted by Crippen LogP contribution is 2.13. The molecule has 4 heteroatoms. The Morgan fingerprint density at radius 3 is 2.94 bits per heavy atom. The zero-order chi connectivity index (χ0) is 11.4. The van der Waals surface area contributed by atoms with Crippen LogP contribution in [0, 0.1) is 0 Å². The summed E-state index contributed by atoms with van der Waals surface area (Å²) in [4.78, 5) is 9.28. The number of likely N-dealkylation sites (N-methyl/N-ethyl adjacent to an activating group) is 1. The average Bonchev–Trinajstić information content (AvgIpc) is 2.54. The fourth-order valence-corrected chi connectivity index (χ4v) is 2.03. The Kier molecular flexibility index (Phi) is 3.74. The number of hydrogen-bond donors (Lipinski definition) is 1. The zero-order valence-electron chi connectivity index (χ0n) is 9.89. The topological polar surface area (TPSA) is 45.4 Å². The SMILES string of the molecule is CN1CCCN(c2cccc(CN)n2)CC1. The quantitative estimate of drug-likeness (QED) is 0.796. The van der Waals surface area contributed by atoms with Gasteiger partial charge in [0.05, 0.1) is 5.69 Å². The summed E-state index contributed by atoms with van der Waals surface area (Å²) in [6, 6.07) is 6.09. The van der Waals surface area contributed by atoms with E-state index in [-0.39, 0.29) is 0 Å². The molecule has 0 unspecified atom stereocenters. The van der Waals surface area contributed by atoms with Crippen molar-refractivity contribution >= 4 is 5.82 Å². The second-order valence-electron chi connectivity index (χ2n) is 4.34. The Morgan fingerprint density at radius 1 is 1.25 bits per heavy atom. The summed E-state index contributed by atoms with van der Waals surface area (Å²) < 4.78 is 0. The smallest absolute Gasteiger partial charge is 0.128 e. The highest BCUT2D eigenvalue weighted by atomic mass is 15.2. The third-order valence-corrected chi connectivity index (χ3v) is 3.04. The van der Waals surface area contributed by atoms with Gasteiger partial charge in [-0.1, -0.05) is 6.07 Å². The van der Waals surface area contributed by atoms with Crippen LogP contribution in [-0.4, -0.2) is 43.1 Å². The van der Waals surface area contributed by atoms with Crippen molar-refractivity contribution in [1.29, 1.82) is 0 Å². The summed E-state index contributed by atoms with van der Waals surface area (Å²) in [6.07, 6.45) is 1.20. The normalized spacial score (nSPS) is 18.5. The van der Waals surface area contributed by atoms with E-state index in [2.05, 4.69) is 27.9 Å². The highest BCUT2D eigenvalue weighted by molar-refractivity contribution is 5.39. The number of hydrogen-bond acceptors (Lipinski definition) is 4. The first-order valence-corrected chi connectivity index (χ1v) is 5.89. The predicted octanol–water partition coefficient (Wildman–Crippen LogP) is 0.682. The van der Waals surface area contributed by atoms with E-state index in [0.29, 0.717) is 6.54 Å². The van der Waals surface area contributed by atoms with Crippen molar-refractivity contribution in [1.82, 2.24) is 9.88 Å². The van der Waals surface area contributed by atoms with Crippen LogP contribution in [0.25, 0.3) is 0 Å². The van der Waals surface area contributed by atoms with Crippen LogP contribution in [0.15, 0.2) is 18.2 Å². The minimum Gasteiger partial charge on any atom is -0.355 e. The summed E-state index contributed by atoms with van der Waals surface area (Å²) in [5.41, 5.74) is 6.58. The molecule has 0 spiro atoms. The van der Waals surface area contributed by atoms with Crippen molar-refractivity contribution in [3.05, 3.63) is 23.9 Å². The number of pyridine rings is 1. The van der Waals surface area contributed by atoms with E-state index in [1.54, 1.807) is 0 Å². The first-order chi connectivity index (χ1) is 7.79. The summed E-state index contributed by atoms with van der Waals surface area (Å²) in [7, 11) is 2.17. The van der Waals surface area contributed by atoms with Crippen molar-refractivity contribution < 1.29 is 0 Å². The molecule has 0 atom stereocenters. The maximum absolute atomic E-state index is 5.61. The van der Waals surface area contributed by atoms with Gasteiger partial charge in [-0.05, 0) is 32.1 Å². The summed E-state index contributed by atoms with van der Waals surface area (Å²) in [6.45, 7) is 4.94. The fourth-order valence-electron chi connectivity index (χ4n) is 2.03. The van der Waals surface area contributed by atoms with Crippen LogP contribution in [0.5, 0.6) is 0 Å². The summed E-state index contributed by atoms with van der Waals surface area (Å²) >= 11 is 0. The van der Waals surface area contributed by atoms with Crippen LogP contribution in [0.2, 0.25) is 0 Å². The highest BCUT2D eigenvalue weighted by Gasteiger charge is 2.13. The molecule has 2 rings (SSSR count). The molecule has 2 N–H and O–H groups in total. The van der Waals surface area contributed by atoms with Crippen molar-refractivity contribution in [2.75, 3.05) is 38.1 Å². The maximum atomic E-state index is 5.61. The standard InChI is InChI=1S/C12H20N4/c1-15-6-3-7-16(9-8-15)12-5-2-4-11(10-13)14-12/h2,4-5H,3,6-10,13H2,1H3. The molecule has 1 aliphatic heterocycles. The van der Waals surface area contributed by atoms with Gasteiger partial charge in [-0.3, -0.25) is 0 Å². The Balaban J connectivity index is 2.10. The molecule has 0 amide bonds. The molecule has 1 aromatic rings. The number of rotatable bonds is 2. The van der Waals surface area contributed by atoms with Gasteiger partial charge in [0, 0.05) is 26.2 Å². The molecule has 1 aromatic heterocycles. The number of aromatic nitrogens is 1. The fraction of sp³-hybridized carbons (Fsp3) is 0.583. The van der Waals surface area contributed by atoms with Gasteiger partial charge in [0.2, 0.25) is 0 Å². The molecule has 16 heavy (non-hydrogen) atoms. The van der Waals surface area contributed by atoms with Crippen LogP contribution >= 0.6 is 0 Å². The van der Waals surface area contributed by atoms with E-state index in [0.717, 1.165) is 31.1 Å². The Hall–Kier alpha value is -1.13. The molecule has 0 radical (unpaired) electrons. The summed E-state index contributed by atoms with van der Waals surface area (Å²) in [5, 5.41) is 0. The molecule has 0 aromatic carbocycles. The zero-order valence-corrected chi connectivity index (χ0v) is 9.89. The molecule has 1 saturated heterocycles. The van der Waals surface area contributed by atoms with Gasteiger partial charge >= 0.3 is 0 Å². The molecule has 0 saturated carbocycles. The molecule has 0 bridgehead atoms. The van der Waals surface area contributed by atoms with Crippen LogP contribution in [0.1, 0.15) is 12.1 Å². The molecule has 1 fully saturated rings. The minimum absolute atomic E-state index is 0.515. The van der Waals surface area contributed by atoms with Crippen LogP contribution in [0.3, 0.4) is 0 Å². The number of nitrogens with zero attached hydrogens (tertiary/aromatic N) is 3. The maximum Gasteiger partial charge on any atom is 0.128 e. The van der Waals surface area contributed by atoms with Crippen molar-refractivity contribution in [3.8, 4) is 0 Å². The van der Waals surface area contributed by atoms with Gasteiger partial charge in [-0.2, -0.15) is 0 Å². The Labute approximate surface area is 97.1 Å². The lowest BCUT2D eigenvalue weighted by Gasteiger charge is -2.21. The minimum atomic E-state index is 0.515. The van der Waals surface area contributed by atoms with E-state index in [1.165, 1.54) is 13.0 Å². The van der Waals surface area contributed by atoms with Gasteiger partial charge < -0.3 is 15.5 Å². The molecule has 4 nitrogen and oxygen atoms in total. The van der Waals surface area contributed by atoms with Gasteiger partial charge in [0.15, 0.2) is 0 Å². The molecular weight excluding hydrogens is 200 g/mol. The van der Waals surface area contributed by atoms with Crippen LogP contribution in [-0.2, 0) is 6.54 Å². The summed E-state index contributed by atoms with van der Waals surface area (Å²) in [5.74, 6) is 1.07. The van der Waals surface area contributed by atoms with E-state index in [1.807, 2.05) is 12.1 Å². The lowest BCUT2D eigenvalue weighted by molar-refractivity contribution is 0.360. The van der Waals surface area contributed by atoms with Crippen molar-refractivity contribution in [2.24, 2.45) is 5.73 Å². The third kappa shape index (κ3) is 2.71. The second-order valence-corrected chi connectivity index (χ2v) is 4.34. The van der Waals surface area contributed by atoms with Gasteiger partial charge in [-0.15, -0.1) is 0 Å². The largest absolute Gasteiger partial charge is 0.355 e. The second kappa shape index (κ2) is 5.27. The van der Waals surface area contributed by atoms with Crippen LogP contribution in [0.4, 0.5) is 5.82 Å². The average molecular weight is 220 g/mol. The first-order valence-electron chi connectivity index (χ1n) is 5.89. The van der Waals surface area contributed by atoms with Crippen LogP contribution < -0.4 is 10.6 Å². The molecule has 2 heterocycles. The molecule has 0 aliphatic carbocycles. The van der Waals surface area contributed by atoms with E-state index in [4.69, 9.17) is 5.73 Å². The molecule has 1 aliphatic rings. The van der Waals surface area contributed by atoms with Gasteiger partial charge in [0.1, 0.15) is 5.82 Å². The van der Waals surface area contributed by atoms with E-state index < -0.39 is 0 Å². The Morgan fingerprint density at radius 2 is 2.12 bits per heavy atom. The monoisotopic (exact) mass is 220 g/mol. The lowest BCUT2D eigenvalue weighted by atomic mass is 10.3.